The van der Waals surface area contributed by atoms with Gasteiger partial charge in [0.15, 0.2) is 16.7 Å². The summed E-state index contributed by atoms with van der Waals surface area (Å²) in [4.78, 5) is 29.8. The van der Waals surface area contributed by atoms with Gasteiger partial charge >= 0.3 is 0 Å². The molecule has 0 fully saturated rings. The van der Waals surface area contributed by atoms with Gasteiger partial charge in [-0.3, -0.25) is 14.2 Å². The second-order valence-corrected chi connectivity index (χ2v) is 7.22. The first kappa shape index (κ1) is 20.7. The van der Waals surface area contributed by atoms with E-state index in [2.05, 4.69) is 10.3 Å². The molecule has 0 aliphatic rings. The van der Waals surface area contributed by atoms with Gasteiger partial charge in [0.1, 0.15) is 0 Å². The Labute approximate surface area is 173 Å². The first-order valence-corrected chi connectivity index (χ1v) is 10.2. The van der Waals surface area contributed by atoms with Crippen LogP contribution < -0.4 is 20.3 Å². The molecule has 0 saturated carbocycles. The Morgan fingerprint density at radius 1 is 1.14 bits per heavy atom. The molecule has 0 unspecified atom stereocenters. The summed E-state index contributed by atoms with van der Waals surface area (Å²) in [5.74, 6) is 1.05. The number of nitrogens with one attached hydrogen (secondary N) is 1. The zero-order valence-electron chi connectivity index (χ0n) is 16.6. The fourth-order valence-electron chi connectivity index (χ4n) is 2.92. The molecule has 29 heavy (non-hydrogen) atoms. The predicted molar refractivity (Wildman–Crippen MR) is 115 cm³/mol. The number of fused-ring (bicyclic) bond motifs is 1. The van der Waals surface area contributed by atoms with E-state index in [4.69, 9.17) is 9.47 Å². The smallest absolute Gasteiger partial charge is 0.262 e. The number of carbonyl (C=O) groups is 1. The molecular weight excluding hydrogens is 390 g/mol. The predicted octanol–water partition coefficient (Wildman–Crippen LogP) is 3.55. The lowest BCUT2D eigenvalue weighted by Crippen LogP contribution is -2.24. The lowest BCUT2D eigenvalue weighted by atomic mass is 10.2. The summed E-state index contributed by atoms with van der Waals surface area (Å²) < 4.78 is 12.1. The third kappa shape index (κ3) is 4.71. The molecule has 0 aliphatic carbocycles. The molecule has 3 rings (SSSR count). The molecule has 1 heterocycles. The van der Waals surface area contributed by atoms with Crippen molar-refractivity contribution in [3.05, 3.63) is 52.8 Å². The number of methoxy groups -OCH3 is 2. The van der Waals surface area contributed by atoms with Crippen molar-refractivity contribution >= 4 is 34.3 Å². The van der Waals surface area contributed by atoms with Gasteiger partial charge < -0.3 is 14.8 Å². The van der Waals surface area contributed by atoms with E-state index in [1.165, 1.54) is 18.9 Å². The molecule has 0 atom stereocenters. The van der Waals surface area contributed by atoms with Gasteiger partial charge in [0.05, 0.1) is 30.9 Å². The maximum absolute atomic E-state index is 12.8. The lowest BCUT2D eigenvalue weighted by Gasteiger charge is -2.13. The van der Waals surface area contributed by atoms with Crippen molar-refractivity contribution < 1.29 is 14.3 Å². The van der Waals surface area contributed by atoms with Crippen LogP contribution in [0.1, 0.15) is 13.3 Å². The van der Waals surface area contributed by atoms with Crippen LogP contribution in [0.15, 0.2) is 52.4 Å². The van der Waals surface area contributed by atoms with Crippen LogP contribution in [0.2, 0.25) is 0 Å². The molecule has 8 heteroatoms. The minimum absolute atomic E-state index is 0.0831. The highest BCUT2D eigenvalue weighted by molar-refractivity contribution is 7.99. The average molecular weight is 413 g/mol. The number of ether oxygens (including phenoxy) is 2. The molecule has 0 bridgehead atoms. The van der Waals surface area contributed by atoms with Crippen molar-refractivity contribution in [3.63, 3.8) is 0 Å². The van der Waals surface area contributed by atoms with Gasteiger partial charge in [-0.25, -0.2) is 4.98 Å². The van der Waals surface area contributed by atoms with Gasteiger partial charge in [0.2, 0.25) is 5.91 Å². The molecule has 0 saturated heterocycles. The Hall–Kier alpha value is -3.00. The summed E-state index contributed by atoms with van der Waals surface area (Å²) in [6.45, 7) is 2.55. The van der Waals surface area contributed by atoms with Crippen molar-refractivity contribution in [3.8, 4) is 11.5 Å². The number of hydrogen-bond acceptors (Lipinski definition) is 6. The van der Waals surface area contributed by atoms with Crippen LogP contribution >= 0.6 is 11.8 Å². The van der Waals surface area contributed by atoms with Crippen LogP contribution in [-0.2, 0) is 11.3 Å². The Kier molecular flexibility index (Phi) is 6.77. The number of carbonyl (C=O) groups excluding carboxylic acids is 1. The van der Waals surface area contributed by atoms with E-state index in [0.29, 0.717) is 39.8 Å². The van der Waals surface area contributed by atoms with Crippen molar-refractivity contribution in [2.75, 3.05) is 25.3 Å². The summed E-state index contributed by atoms with van der Waals surface area (Å²) in [6.07, 6.45) is 0.797. The summed E-state index contributed by atoms with van der Waals surface area (Å²) >= 11 is 1.24. The zero-order chi connectivity index (χ0) is 20.8. The van der Waals surface area contributed by atoms with Crippen LogP contribution in [0.5, 0.6) is 11.5 Å². The largest absolute Gasteiger partial charge is 0.493 e. The van der Waals surface area contributed by atoms with Crippen molar-refractivity contribution in [2.45, 2.75) is 25.0 Å². The molecule has 1 N–H and O–H groups in total. The van der Waals surface area contributed by atoms with E-state index >= 15 is 0 Å². The fraction of sp³-hybridized carbons (Fsp3) is 0.286. The number of nitrogens with zero attached hydrogens (tertiary/aromatic N) is 2. The lowest BCUT2D eigenvalue weighted by molar-refractivity contribution is -0.113. The van der Waals surface area contributed by atoms with Crippen molar-refractivity contribution in [1.29, 1.82) is 0 Å². The maximum atomic E-state index is 12.8. The molecule has 3 aromatic rings. The number of hydrogen-bond donors (Lipinski definition) is 1. The quantitative estimate of drug-likeness (QED) is 0.449. The molecule has 0 radical (unpaired) electrons. The number of anilines is 1. The van der Waals surface area contributed by atoms with Crippen molar-refractivity contribution in [2.24, 2.45) is 0 Å². The first-order chi connectivity index (χ1) is 14.1. The highest BCUT2D eigenvalue weighted by Gasteiger charge is 2.13. The fourth-order valence-corrected chi connectivity index (χ4v) is 3.75. The average Bonchev–Trinajstić information content (AvgIpc) is 2.74. The second-order valence-electron chi connectivity index (χ2n) is 6.27. The summed E-state index contributed by atoms with van der Waals surface area (Å²) in [6, 6.07) is 12.4. The molecule has 1 aromatic heterocycles. The minimum Gasteiger partial charge on any atom is -0.493 e. The summed E-state index contributed by atoms with van der Waals surface area (Å²) in [5, 5.41) is 3.95. The zero-order valence-corrected chi connectivity index (χ0v) is 17.4. The number of thioether (sulfide) groups is 1. The Bertz CT molecular complexity index is 1080. The third-order valence-electron chi connectivity index (χ3n) is 4.27. The van der Waals surface area contributed by atoms with Crippen LogP contribution in [0.25, 0.3) is 10.9 Å². The standard InChI is InChI=1S/C21H23N3O4S/c1-4-11-24-20(26)15-7-5-6-8-16(15)23-21(24)29-13-19(25)22-14-9-10-17(27-2)18(12-14)28-3/h5-10,12H,4,11,13H2,1-3H3,(H,22,25). The van der Waals surface area contributed by atoms with Crippen LogP contribution in [0.3, 0.4) is 0 Å². The topological polar surface area (TPSA) is 82.5 Å². The van der Waals surface area contributed by atoms with E-state index in [1.54, 1.807) is 42.0 Å². The third-order valence-corrected chi connectivity index (χ3v) is 5.25. The van der Waals surface area contributed by atoms with E-state index in [9.17, 15) is 9.59 Å². The van der Waals surface area contributed by atoms with Crippen LogP contribution in [0.4, 0.5) is 5.69 Å². The summed E-state index contributed by atoms with van der Waals surface area (Å²) in [7, 11) is 3.09. The number of benzene rings is 2. The number of para-hydroxylation sites is 1. The van der Waals surface area contributed by atoms with Gasteiger partial charge in [-0.05, 0) is 30.7 Å². The second kappa shape index (κ2) is 9.47. The molecular formula is C21H23N3O4S. The molecule has 0 spiro atoms. The molecule has 1 amide bonds. The first-order valence-electron chi connectivity index (χ1n) is 9.21. The molecule has 7 nitrogen and oxygen atoms in total. The van der Waals surface area contributed by atoms with Gasteiger partial charge in [0.25, 0.3) is 5.56 Å². The number of amides is 1. The molecule has 2 aromatic carbocycles. The number of aromatic nitrogens is 2. The van der Waals surface area contributed by atoms with Gasteiger partial charge in [0, 0.05) is 18.3 Å². The highest BCUT2D eigenvalue weighted by Crippen LogP contribution is 2.30. The SMILES string of the molecule is CCCn1c(SCC(=O)Nc2ccc(OC)c(OC)c2)nc2ccccc2c1=O. The van der Waals surface area contributed by atoms with Crippen molar-refractivity contribution in [1.82, 2.24) is 9.55 Å². The van der Waals surface area contributed by atoms with Gasteiger partial charge in [-0.15, -0.1) is 0 Å². The van der Waals surface area contributed by atoms with E-state index < -0.39 is 0 Å². The Morgan fingerprint density at radius 3 is 2.62 bits per heavy atom. The molecule has 152 valence electrons. The van der Waals surface area contributed by atoms with Gasteiger partial charge in [-0.2, -0.15) is 0 Å². The van der Waals surface area contributed by atoms with Crippen LogP contribution in [0, 0.1) is 0 Å². The Morgan fingerprint density at radius 2 is 1.90 bits per heavy atom. The minimum atomic E-state index is -0.201. The highest BCUT2D eigenvalue weighted by atomic mass is 32.2. The Balaban J connectivity index is 1.77. The van der Waals surface area contributed by atoms with Gasteiger partial charge in [-0.1, -0.05) is 30.8 Å². The van der Waals surface area contributed by atoms with E-state index in [-0.39, 0.29) is 17.2 Å². The molecule has 0 aliphatic heterocycles. The van der Waals surface area contributed by atoms with E-state index in [0.717, 1.165) is 6.42 Å². The normalized spacial score (nSPS) is 10.7. The summed E-state index contributed by atoms with van der Waals surface area (Å²) in [5.41, 5.74) is 1.15. The maximum Gasteiger partial charge on any atom is 0.262 e. The number of rotatable bonds is 8. The van der Waals surface area contributed by atoms with E-state index in [1.807, 2.05) is 19.1 Å². The van der Waals surface area contributed by atoms with Crippen LogP contribution in [-0.4, -0.2) is 35.4 Å². The monoisotopic (exact) mass is 413 g/mol.